The van der Waals surface area contributed by atoms with E-state index >= 15 is 0 Å². The van der Waals surface area contributed by atoms with Crippen molar-refractivity contribution in [3.05, 3.63) is 95.6 Å². The number of methoxy groups -OCH3 is 1. The highest BCUT2D eigenvalue weighted by Gasteiger charge is 2.27. The van der Waals surface area contributed by atoms with Gasteiger partial charge in [-0.25, -0.2) is 14.4 Å². The van der Waals surface area contributed by atoms with Gasteiger partial charge in [-0.15, -0.1) is 0 Å². The number of carbonyl (C=O) groups is 3. The first-order chi connectivity index (χ1) is 22.1. The van der Waals surface area contributed by atoms with E-state index in [9.17, 15) is 14.4 Å². The number of nitrogen functional groups attached to an aromatic ring is 1. The predicted octanol–water partition coefficient (Wildman–Crippen LogP) is 8.08. The number of benzene rings is 2. The molecule has 0 spiro atoms. The molecule has 2 N–H and O–H groups in total. The maximum atomic E-state index is 12.6. The van der Waals surface area contributed by atoms with Gasteiger partial charge in [-0.05, 0) is 108 Å². The number of pyridine rings is 1. The lowest BCUT2D eigenvalue weighted by Crippen LogP contribution is -2.26. The van der Waals surface area contributed by atoms with Gasteiger partial charge in [0.1, 0.15) is 11.2 Å². The summed E-state index contributed by atoms with van der Waals surface area (Å²) in [5, 5.41) is 1.78. The number of anilines is 1. The SMILES string of the molecule is CC(C)(C)OC(=O)n1ccc2c(N)cccc21.COC(=O)c1cc(C2CC2)cnc1Cc1cccc2c1ccn2C(=O)OC(C)(C)C. The Balaban J connectivity index is 0.000000216. The summed E-state index contributed by atoms with van der Waals surface area (Å²) in [5.74, 6) is 0.125. The van der Waals surface area contributed by atoms with E-state index in [1.54, 1.807) is 12.4 Å². The Morgan fingerprint density at radius 3 is 1.94 bits per heavy atom. The van der Waals surface area contributed by atoms with Crippen LogP contribution in [0.2, 0.25) is 0 Å². The summed E-state index contributed by atoms with van der Waals surface area (Å²) in [7, 11) is 1.39. The van der Waals surface area contributed by atoms with Crippen LogP contribution in [-0.4, -0.2) is 50.6 Å². The van der Waals surface area contributed by atoms with E-state index < -0.39 is 23.4 Å². The van der Waals surface area contributed by atoms with Crippen molar-refractivity contribution in [2.45, 2.75) is 77.9 Å². The number of fused-ring (bicyclic) bond motifs is 2. The van der Waals surface area contributed by atoms with Gasteiger partial charge in [0, 0.05) is 41.5 Å². The molecule has 2 aromatic carbocycles. The normalized spacial score (nSPS) is 13.2. The van der Waals surface area contributed by atoms with Crippen LogP contribution in [0.1, 0.15) is 87.5 Å². The molecule has 0 unspecified atom stereocenters. The number of hydrogen-bond donors (Lipinski definition) is 1. The molecule has 6 rings (SSSR count). The van der Waals surface area contributed by atoms with Crippen LogP contribution in [0.15, 0.2) is 73.2 Å². The molecule has 47 heavy (non-hydrogen) atoms. The lowest BCUT2D eigenvalue weighted by molar-refractivity contribution is 0.0533. The predicted molar refractivity (Wildman–Crippen MR) is 182 cm³/mol. The first-order valence-electron chi connectivity index (χ1n) is 15.6. The molecule has 246 valence electrons. The van der Waals surface area contributed by atoms with E-state index in [-0.39, 0.29) is 5.97 Å². The second-order valence-electron chi connectivity index (χ2n) is 13.7. The van der Waals surface area contributed by atoms with E-state index in [0.29, 0.717) is 29.3 Å². The first-order valence-corrected chi connectivity index (χ1v) is 15.6. The van der Waals surface area contributed by atoms with Gasteiger partial charge in [0.05, 0.1) is 29.4 Å². The molecule has 0 saturated heterocycles. The summed E-state index contributed by atoms with van der Waals surface area (Å²) in [6, 6.07) is 16.9. The molecule has 10 heteroatoms. The van der Waals surface area contributed by atoms with Crippen LogP contribution < -0.4 is 5.73 Å². The number of carbonyl (C=O) groups excluding carboxylic acids is 3. The lowest BCUT2D eigenvalue weighted by Gasteiger charge is -2.19. The van der Waals surface area contributed by atoms with Gasteiger partial charge in [0.15, 0.2) is 0 Å². The van der Waals surface area contributed by atoms with Crippen molar-refractivity contribution in [2.75, 3.05) is 12.8 Å². The van der Waals surface area contributed by atoms with E-state index in [1.165, 1.54) is 16.2 Å². The van der Waals surface area contributed by atoms with Crippen LogP contribution in [-0.2, 0) is 20.6 Å². The van der Waals surface area contributed by atoms with E-state index in [0.717, 1.165) is 45.8 Å². The van der Waals surface area contributed by atoms with E-state index in [2.05, 4.69) is 4.98 Å². The van der Waals surface area contributed by atoms with Crippen LogP contribution in [0.3, 0.4) is 0 Å². The minimum absolute atomic E-state index is 0.376. The summed E-state index contributed by atoms with van der Waals surface area (Å²) < 4.78 is 18.8. The molecule has 1 aliphatic carbocycles. The Hall–Kier alpha value is -5.12. The zero-order valence-electron chi connectivity index (χ0n) is 28.0. The molecule has 3 heterocycles. The van der Waals surface area contributed by atoms with Crippen molar-refractivity contribution in [3.8, 4) is 0 Å². The molecule has 1 aliphatic rings. The summed E-state index contributed by atoms with van der Waals surface area (Å²) in [6.07, 6.45) is 7.19. The summed E-state index contributed by atoms with van der Waals surface area (Å²) in [4.78, 5) is 41.5. The van der Waals surface area contributed by atoms with Gasteiger partial charge in [-0.2, -0.15) is 0 Å². The largest absolute Gasteiger partial charge is 0.465 e. The second-order valence-corrected chi connectivity index (χ2v) is 13.7. The standard InChI is InChI=1S/C24H26N2O4.C13H16N2O2/c1-24(2,3)30-23(28)26-11-10-18-16(6-5-7-21(18)26)13-20-19(22(27)29-4)12-17(14-25-20)15-8-9-15;1-13(2,3)17-12(16)15-8-7-9-10(14)5-4-6-11(9)15/h5-7,10-12,14-15H,8-9,13H2,1-4H3;4-8H,14H2,1-3H3. The number of nitrogens with zero attached hydrogens (tertiary/aromatic N) is 3. The van der Waals surface area contributed by atoms with Crippen LogP contribution >= 0.6 is 0 Å². The van der Waals surface area contributed by atoms with E-state index in [4.69, 9.17) is 19.9 Å². The maximum Gasteiger partial charge on any atom is 0.418 e. The van der Waals surface area contributed by atoms with Gasteiger partial charge in [0.25, 0.3) is 0 Å². The van der Waals surface area contributed by atoms with Crippen molar-refractivity contribution < 1.29 is 28.6 Å². The summed E-state index contributed by atoms with van der Waals surface area (Å²) in [5.41, 5.74) is 10.2. The summed E-state index contributed by atoms with van der Waals surface area (Å²) in [6.45, 7) is 11.0. The topological polar surface area (TPSA) is 128 Å². The van der Waals surface area contributed by atoms with Crippen LogP contribution in [0, 0.1) is 0 Å². The minimum atomic E-state index is -0.575. The van der Waals surface area contributed by atoms with Gasteiger partial charge >= 0.3 is 18.2 Å². The van der Waals surface area contributed by atoms with Gasteiger partial charge in [0.2, 0.25) is 0 Å². The zero-order chi connectivity index (χ0) is 34.1. The van der Waals surface area contributed by atoms with Crippen molar-refractivity contribution in [1.29, 1.82) is 0 Å². The first kappa shape index (κ1) is 33.2. The fourth-order valence-electron chi connectivity index (χ4n) is 5.27. The number of aromatic nitrogens is 3. The quantitative estimate of drug-likeness (QED) is 0.119. The highest BCUT2D eigenvalue weighted by molar-refractivity contribution is 5.96. The average Bonchev–Trinajstić information content (AvgIpc) is 3.58. The number of ether oxygens (including phenoxy) is 3. The van der Waals surface area contributed by atoms with Crippen LogP contribution in [0.4, 0.5) is 15.3 Å². The molecular weight excluding hydrogens is 596 g/mol. The Labute approximate surface area is 274 Å². The number of esters is 1. The molecule has 10 nitrogen and oxygen atoms in total. The molecule has 0 aliphatic heterocycles. The minimum Gasteiger partial charge on any atom is -0.465 e. The fourth-order valence-corrected chi connectivity index (χ4v) is 5.27. The monoisotopic (exact) mass is 638 g/mol. The summed E-state index contributed by atoms with van der Waals surface area (Å²) >= 11 is 0. The number of nitrogens with two attached hydrogens (primary N) is 1. The van der Waals surface area contributed by atoms with Crippen LogP contribution in [0.25, 0.3) is 21.8 Å². The zero-order valence-corrected chi connectivity index (χ0v) is 28.0. The van der Waals surface area contributed by atoms with E-state index in [1.807, 2.05) is 102 Å². The molecule has 0 amide bonds. The molecule has 0 radical (unpaired) electrons. The molecule has 1 fully saturated rings. The Bertz CT molecular complexity index is 1950. The number of rotatable bonds is 4. The molecular formula is C37H42N4O6. The third kappa shape index (κ3) is 7.82. The lowest BCUT2D eigenvalue weighted by atomic mass is 10.00. The molecule has 0 atom stereocenters. The van der Waals surface area contributed by atoms with Gasteiger partial charge in [-0.3, -0.25) is 14.1 Å². The Morgan fingerprint density at radius 1 is 0.830 bits per heavy atom. The van der Waals surface area contributed by atoms with Gasteiger partial charge < -0.3 is 19.9 Å². The Kier molecular flexibility index (Phi) is 9.15. The highest BCUT2D eigenvalue weighted by Crippen LogP contribution is 2.40. The molecule has 1 saturated carbocycles. The molecule has 5 aromatic rings. The third-order valence-electron chi connectivity index (χ3n) is 7.57. The van der Waals surface area contributed by atoms with Crippen molar-refractivity contribution in [1.82, 2.24) is 14.1 Å². The fraction of sp³-hybridized carbons (Fsp3) is 0.351. The smallest absolute Gasteiger partial charge is 0.418 e. The highest BCUT2D eigenvalue weighted by atomic mass is 16.6. The second kappa shape index (κ2) is 12.9. The average molecular weight is 639 g/mol. The van der Waals surface area contributed by atoms with Gasteiger partial charge in [-0.1, -0.05) is 18.2 Å². The number of hydrogen-bond acceptors (Lipinski definition) is 8. The molecule has 3 aromatic heterocycles. The van der Waals surface area contributed by atoms with Crippen LogP contribution in [0.5, 0.6) is 0 Å². The van der Waals surface area contributed by atoms with Crippen molar-refractivity contribution >= 4 is 45.6 Å². The molecule has 0 bridgehead atoms. The third-order valence-corrected chi connectivity index (χ3v) is 7.57. The van der Waals surface area contributed by atoms with Crippen molar-refractivity contribution in [3.63, 3.8) is 0 Å². The Morgan fingerprint density at radius 2 is 1.38 bits per heavy atom. The van der Waals surface area contributed by atoms with Crippen molar-refractivity contribution in [2.24, 2.45) is 0 Å². The maximum absolute atomic E-state index is 12.6.